The first-order chi connectivity index (χ1) is 9.60. The smallest absolute Gasteiger partial charge is 0.250 e. The Morgan fingerprint density at radius 1 is 1.20 bits per heavy atom. The van der Waals surface area contributed by atoms with E-state index in [4.69, 9.17) is 16.3 Å². The second kappa shape index (κ2) is 6.55. The summed E-state index contributed by atoms with van der Waals surface area (Å²) >= 11 is 5.90. The lowest BCUT2D eigenvalue weighted by atomic mass is 10.00. The van der Waals surface area contributed by atoms with Crippen LogP contribution < -0.4 is 5.32 Å². The summed E-state index contributed by atoms with van der Waals surface area (Å²) in [6, 6.07) is 13.4. The minimum Gasteiger partial charge on any atom is -0.375 e. The summed E-state index contributed by atoms with van der Waals surface area (Å²) < 4.78 is 4.80. The van der Waals surface area contributed by atoms with Gasteiger partial charge in [-0.3, -0.25) is 4.79 Å². The first-order valence-electron chi connectivity index (χ1n) is 6.25. The lowest BCUT2D eigenvalue weighted by Crippen LogP contribution is -2.17. The van der Waals surface area contributed by atoms with Crippen LogP contribution in [0.4, 0.5) is 5.69 Å². The molecule has 0 bridgehead atoms. The number of hydrogen-bond acceptors (Lipinski definition) is 2. The number of nitrogens with one attached hydrogen (secondary N) is 1. The molecule has 2 aromatic rings. The number of carbonyl (C=O) groups excluding carboxylic acids is 1. The number of amides is 1. The van der Waals surface area contributed by atoms with E-state index >= 15 is 0 Å². The molecule has 0 aromatic heterocycles. The van der Waals surface area contributed by atoms with Crippen LogP contribution in [0.25, 0.3) is 11.1 Å². The fraction of sp³-hybridized carbons (Fsp3) is 0.188. The van der Waals surface area contributed by atoms with E-state index in [2.05, 4.69) is 5.32 Å². The Balaban J connectivity index is 2.29. The predicted octanol–water partition coefficient (Wildman–Crippen LogP) is 3.90. The van der Waals surface area contributed by atoms with E-state index < -0.39 is 0 Å². The van der Waals surface area contributed by atoms with Crippen molar-refractivity contribution in [1.82, 2.24) is 0 Å². The number of rotatable bonds is 4. The maximum atomic E-state index is 11.5. The molecule has 20 heavy (non-hydrogen) atoms. The van der Waals surface area contributed by atoms with Gasteiger partial charge < -0.3 is 10.1 Å². The van der Waals surface area contributed by atoms with Crippen LogP contribution in [0, 0.1) is 6.92 Å². The van der Waals surface area contributed by atoms with Crippen LogP contribution in [0.2, 0.25) is 5.02 Å². The molecule has 0 aliphatic heterocycles. The van der Waals surface area contributed by atoms with Gasteiger partial charge in [0.15, 0.2) is 0 Å². The van der Waals surface area contributed by atoms with Gasteiger partial charge in [-0.2, -0.15) is 0 Å². The number of halogens is 1. The number of benzene rings is 2. The molecule has 104 valence electrons. The standard InChI is InChI=1S/C16H16ClNO2/c1-11-3-8-14(18-16(19)10-20-2)9-15(11)12-4-6-13(17)7-5-12/h3-9H,10H2,1-2H3,(H,18,19). The summed E-state index contributed by atoms with van der Waals surface area (Å²) in [6.45, 7) is 2.08. The topological polar surface area (TPSA) is 38.3 Å². The first kappa shape index (κ1) is 14.6. The molecule has 2 rings (SSSR count). The summed E-state index contributed by atoms with van der Waals surface area (Å²) in [4.78, 5) is 11.5. The van der Waals surface area contributed by atoms with E-state index in [9.17, 15) is 4.79 Å². The molecule has 3 nitrogen and oxygen atoms in total. The van der Waals surface area contributed by atoms with Crippen molar-refractivity contribution in [2.24, 2.45) is 0 Å². The zero-order valence-corrected chi connectivity index (χ0v) is 12.2. The molecule has 0 aliphatic rings. The lowest BCUT2D eigenvalue weighted by Gasteiger charge is -2.10. The van der Waals surface area contributed by atoms with E-state index in [-0.39, 0.29) is 12.5 Å². The second-order valence-corrected chi connectivity index (χ2v) is 4.95. The molecule has 2 aromatic carbocycles. The largest absolute Gasteiger partial charge is 0.375 e. The molecule has 1 N–H and O–H groups in total. The summed E-state index contributed by atoms with van der Waals surface area (Å²) in [6.07, 6.45) is 0. The molecular formula is C16H16ClNO2. The van der Waals surface area contributed by atoms with Gasteiger partial charge in [0.1, 0.15) is 6.61 Å². The van der Waals surface area contributed by atoms with Crippen LogP contribution in [0.3, 0.4) is 0 Å². The molecule has 0 atom stereocenters. The Morgan fingerprint density at radius 3 is 2.55 bits per heavy atom. The molecule has 0 heterocycles. The number of aryl methyl sites for hydroxylation is 1. The maximum absolute atomic E-state index is 11.5. The third-order valence-corrected chi connectivity index (χ3v) is 3.20. The van der Waals surface area contributed by atoms with Crippen molar-refractivity contribution in [2.45, 2.75) is 6.92 Å². The van der Waals surface area contributed by atoms with E-state index in [1.54, 1.807) is 0 Å². The molecule has 4 heteroatoms. The quantitative estimate of drug-likeness (QED) is 0.927. The molecule has 0 spiro atoms. The molecule has 1 amide bonds. The van der Waals surface area contributed by atoms with Gasteiger partial charge in [0, 0.05) is 17.8 Å². The minimum atomic E-state index is -0.168. The van der Waals surface area contributed by atoms with Crippen molar-refractivity contribution in [3.05, 3.63) is 53.1 Å². The van der Waals surface area contributed by atoms with E-state index in [1.165, 1.54) is 7.11 Å². The Labute approximate surface area is 123 Å². The third-order valence-electron chi connectivity index (χ3n) is 2.95. The maximum Gasteiger partial charge on any atom is 0.250 e. The van der Waals surface area contributed by atoms with Crippen molar-refractivity contribution >= 4 is 23.2 Å². The van der Waals surface area contributed by atoms with Crippen LogP contribution in [0.1, 0.15) is 5.56 Å². The highest BCUT2D eigenvalue weighted by Crippen LogP contribution is 2.27. The van der Waals surface area contributed by atoms with Gasteiger partial charge in [0.25, 0.3) is 0 Å². The highest BCUT2D eigenvalue weighted by atomic mass is 35.5. The van der Waals surface area contributed by atoms with Gasteiger partial charge in [-0.1, -0.05) is 29.8 Å². The van der Waals surface area contributed by atoms with Gasteiger partial charge in [-0.25, -0.2) is 0 Å². The molecule has 0 radical (unpaired) electrons. The van der Waals surface area contributed by atoms with Gasteiger partial charge in [-0.15, -0.1) is 0 Å². The lowest BCUT2D eigenvalue weighted by molar-refractivity contribution is -0.119. The van der Waals surface area contributed by atoms with E-state index in [0.29, 0.717) is 5.02 Å². The SMILES string of the molecule is COCC(=O)Nc1ccc(C)c(-c2ccc(Cl)cc2)c1. The fourth-order valence-corrected chi connectivity index (χ4v) is 2.09. The third kappa shape index (κ3) is 3.59. The average molecular weight is 290 g/mol. The summed E-state index contributed by atoms with van der Waals surface area (Å²) in [7, 11) is 1.49. The summed E-state index contributed by atoms with van der Waals surface area (Å²) in [5.41, 5.74) is 4.02. The molecule has 0 saturated heterocycles. The Morgan fingerprint density at radius 2 is 1.90 bits per heavy atom. The predicted molar refractivity (Wildman–Crippen MR) is 82.1 cm³/mol. The van der Waals surface area contributed by atoms with E-state index in [1.807, 2.05) is 49.4 Å². The summed E-state index contributed by atoms with van der Waals surface area (Å²) in [5, 5.41) is 3.51. The van der Waals surface area contributed by atoms with Crippen molar-refractivity contribution in [1.29, 1.82) is 0 Å². The molecular weight excluding hydrogens is 274 g/mol. The second-order valence-electron chi connectivity index (χ2n) is 4.52. The van der Waals surface area contributed by atoms with Gasteiger partial charge in [0.2, 0.25) is 5.91 Å². The highest BCUT2D eigenvalue weighted by molar-refractivity contribution is 6.30. The van der Waals surface area contributed by atoms with Crippen LogP contribution in [0.15, 0.2) is 42.5 Å². The number of carbonyl (C=O) groups is 1. The zero-order chi connectivity index (χ0) is 14.5. The van der Waals surface area contributed by atoms with Gasteiger partial charge >= 0.3 is 0 Å². The van der Waals surface area contributed by atoms with E-state index in [0.717, 1.165) is 22.4 Å². The monoisotopic (exact) mass is 289 g/mol. The fourth-order valence-electron chi connectivity index (χ4n) is 1.97. The molecule has 0 saturated carbocycles. The number of methoxy groups -OCH3 is 1. The Kier molecular flexibility index (Phi) is 4.77. The molecule has 0 fully saturated rings. The normalized spacial score (nSPS) is 10.3. The number of hydrogen-bond donors (Lipinski definition) is 1. The number of anilines is 1. The minimum absolute atomic E-state index is 0.0458. The summed E-state index contributed by atoms with van der Waals surface area (Å²) in [5.74, 6) is -0.168. The van der Waals surface area contributed by atoms with Gasteiger partial charge in [0.05, 0.1) is 0 Å². The van der Waals surface area contributed by atoms with Crippen LogP contribution >= 0.6 is 11.6 Å². The number of ether oxygens (including phenoxy) is 1. The van der Waals surface area contributed by atoms with Crippen molar-refractivity contribution in [3.63, 3.8) is 0 Å². The van der Waals surface area contributed by atoms with Crippen LogP contribution in [-0.2, 0) is 9.53 Å². The van der Waals surface area contributed by atoms with Crippen molar-refractivity contribution in [3.8, 4) is 11.1 Å². The molecule has 0 aliphatic carbocycles. The Hall–Kier alpha value is -1.84. The average Bonchev–Trinajstić information content (AvgIpc) is 2.42. The highest BCUT2D eigenvalue weighted by Gasteiger charge is 2.06. The van der Waals surface area contributed by atoms with Crippen LogP contribution in [-0.4, -0.2) is 19.6 Å². The van der Waals surface area contributed by atoms with Crippen molar-refractivity contribution in [2.75, 3.05) is 19.0 Å². The van der Waals surface area contributed by atoms with Gasteiger partial charge in [-0.05, 0) is 47.9 Å². The Bertz CT molecular complexity index is 608. The zero-order valence-electron chi connectivity index (χ0n) is 11.4. The van der Waals surface area contributed by atoms with Crippen LogP contribution in [0.5, 0.6) is 0 Å². The van der Waals surface area contributed by atoms with Crippen molar-refractivity contribution < 1.29 is 9.53 Å². The first-order valence-corrected chi connectivity index (χ1v) is 6.63. The molecule has 0 unspecified atom stereocenters.